The van der Waals surface area contributed by atoms with Crippen molar-refractivity contribution in [2.75, 3.05) is 13.2 Å². The first-order valence-electron chi connectivity index (χ1n) is 6.44. The van der Waals surface area contributed by atoms with Crippen molar-refractivity contribution in [1.29, 1.82) is 0 Å². The number of aromatic hydroxyl groups is 1. The maximum atomic E-state index is 10.8. The average Bonchev–Trinajstić information content (AvgIpc) is 2.43. The molecule has 4 N–H and O–H groups in total. The second-order valence-corrected chi connectivity index (χ2v) is 4.73. The van der Waals surface area contributed by atoms with E-state index >= 15 is 0 Å². The van der Waals surface area contributed by atoms with E-state index in [4.69, 9.17) is 15.3 Å². The second-order valence-electron chi connectivity index (χ2n) is 4.73. The molecule has 0 bridgehead atoms. The van der Waals surface area contributed by atoms with E-state index in [1.165, 1.54) is 12.1 Å². The summed E-state index contributed by atoms with van der Waals surface area (Å²) in [5.74, 6) is -1.29. The van der Waals surface area contributed by atoms with Crippen LogP contribution >= 0.6 is 0 Å². The molecule has 20 heavy (non-hydrogen) atoms. The van der Waals surface area contributed by atoms with Crippen LogP contribution in [-0.4, -0.2) is 39.6 Å². The summed E-state index contributed by atoms with van der Waals surface area (Å²) in [6, 6.07) is 4.23. The number of benzene rings is 1. The van der Waals surface area contributed by atoms with Gasteiger partial charge in [0.15, 0.2) is 0 Å². The van der Waals surface area contributed by atoms with E-state index in [2.05, 4.69) is 0 Å². The fourth-order valence-corrected chi connectivity index (χ4v) is 1.88. The summed E-state index contributed by atoms with van der Waals surface area (Å²) in [6.07, 6.45) is 3.21. The number of aliphatic hydroxyl groups is 2. The van der Waals surface area contributed by atoms with E-state index in [1.54, 1.807) is 6.07 Å². The highest BCUT2D eigenvalue weighted by atomic mass is 16.4. The van der Waals surface area contributed by atoms with E-state index in [9.17, 15) is 9.90 Å². The molecule has 0 aliphatic carbocycles. The second kappa shape index (κ2) is 7.67. The number of aromatic carboxylic acids is 1. The smallest absolute Gasteiger partial charge is 0.335 e. The molecular formula is C15H20O5. The molecule has 0 atom stereocenters. The minimum Gasteiger partial charge on any atom is -0.507 e. The number of allylic oxidation sites excluding steroid dienone is 2. The zero-order chi connectivity index (χ0) is 15.1. The van der Waals surface area contributed by atoms with Gasteiger partial charge in [0.25, 0.3) is 0 Å². The summed E-state index contributed by atoms with van der Waals surface area (Å²) in [5, 5.41) is 36.6. The minimum absolute atomic E-state index is 0.0414. The lowest BCUT2D eigenvalue weighted by Crippen LogP contribution is -2.10. The molecule has 0 saturated carbocycles. The van der Waals surface area contributed by atoms with Gasteiger partial charge in [-0.15, -0.1) is 0 Å². The van der Waals surface area contributed by atoms with Crippen molar-refractivity contribution < 1.29 is 25.2 Å². The molecule has 5 nitrogen and oxygen atoms in total. The van der Waals surface area contributed by atoms with E-state index in [1.807, 2.05) is 13.0 Å². The van der Waals surface area contributed by atoms with Gasteiger partial charge >= 0.3 is 5.97 Å². The fraction of sp³-hybridized carbons (Fsp3) is 0.400. The number of carboxylic acids is 1. The Hall–Kier alpha value is -1.85. The Labute approximate surface area is 117 Å². The van der Waals surface area contributed by atoms with Gasteiger partial charge in [0, 0.05) is 24.7 Å². The van der Waals surface area contributed by atoms with Crippen molar-refractivity contribution in [3.05, 3.63) is 35.4 Å². The topological polar surface area (TPSA) is 98.0 Å². The highest BCUT2D eigenvalue weighted by molar-refractivity contribution is 5.89. The summed E-state index contributed by atoms with van der Waals surface area (Å²) in [4.78, 5) is 10.8. The number of carbonyl (C=O) groups is 1. The van der Waals surface area contributed by atoms with E-state index in [0.717, 1.165) is 5.57 Å². The summed E-state index contributed by atoms with van der Waals surface area (Å²) in [6.45, 7) is 1.71. The zero-order valence-corrected chi connectivity index (χ0v) is 11.4. The van der Waals surface area contributed by atoms with Crippen molar-refractivity contribution in [2.45, 2.75) is 19.8 Å². The van der Waals surface area contributed by atoms with E-state index < -0.39 is 5.97 Å². The molecular weight excluding hydrogens is 260 g/mol. The Morgan fingerprint density at radius 3 is 2.45 bits per heavy atom. The van der Waals surface area contributed by atoms with Crippen LogP contribution in [0.2, 0.25) is 0 Å². The number of hydrogen-bond acceptors (Lipinski definition) is 4. The predicted molar refractivity (Wildman–Crippen MR) is 75.6 cm³/mol. The summed E-state index contributed by atoms with van der Waals surface area (Å²) >= 11 is 0. The third-order valence-electron chi connectivity index (χ3n) is 3.21. The van der Waals surface area contributed by atoms with Gasteiger partial charge in [-0.1, -0.05) is 12.1 Å². The molecule has 0 fully saturated rings. The molecule has 5 heteroatoms. The van der Waals surface area contributed by atoms with Gasteiger partial charge in [0.2, 0.25) is 0 Å². The van der Waals surface area contributed by atoms with Crippen LogP contribution < -0.4 is 0 Å². The Bertz CT molecular complexity index is 489. The lowest BCUT2D eigenvalue weighted by Gasteiger charge is -2.09. The van der Waals surface area contributed by atoms with Crippen LogP contribution in [0, 0.1) is 5.92 Å². The van der Waals surface area contributed by atoms with Gasteiger partial charge in [0.1, 0.15) is 5.75 Å². The van der Waals surface area contributed by atoms with Crippen LogP contribution in [0.1, 0.15) is 35.7 Å². The standard InChI is InChI=1S/C15H20O5/c1-10(3-2-4-11(8-16)9-17)13-6-5-12(15(19)20)7-14(13)18/h3,5-7,11,16-18H,2,4,8-9H2,1H3,(H,19,20)/b10-3-. The van der Waals surface area contributed by atoms with Crippen LogP contribution in [0.3, 0.4) is 0 Å². The molecule has 0 amide bonds. The molecule has 110 valence electrons. The molecule has 0 unspecified atom stereocenters. The van der Waals surface area contributed by atoms with Crippen LogP contribution in [0.25, 0.3) is 5.57 Å². The highest BCUT2D eigenvalue weighted by Gasteiger charge is 2.09. The molecule has 0 heterocycles. The monoisotopic (exact) mass is 280 g/mol. The lowest BCUT2D eigenvalue weighted by atomic mass is 10.00. The maximum absolute atomic E-state index is 10.8. The van der Waals surface area contributed by atoms with Gasteiger partial charge in [-0.05, 0) is 37.5 Å². The quantitative estimate of drug-likeness (QED) is 0.611. The zero-order valence-electron chi connectivity index (χ0n) is 11.4. The van der Waals surface area contributed by atoms with Gasteiger partial charge in [0.05, 0.1) is 5.56 Å². The summed E-state index contributed by atoms with van der Waals surface area (Å²) < 4.78 is 0. The molecule has 0 aliphatic rings. The van der Waals surface area contributed by atoms with E-state index in [-0.39, 0.29) is 30.4 Å². The van der Waals surface area contributed by atoms with Crippen molar-refractivity contribution >= 4 is 11.5 Å². The first-order valence-corrected chi connectivity index (χ1v) is 6.44. The number of hydrogen-bond donors (Lipinski definition) is 4. The van der Waals surface area contributed by atoms with Crippen LogP contribution in [0.15, 0.2) is 24.3 Å². The van der Waals surface area contributed by atoms with Crippen molar-refractivity contribution in [3.8, 4) is 5.75 Å². The molecule has 0 saturated heterocycles. The minimum atomic E-state index is -1.08. The van der Waals surface area contributed by atoms with Crippen molar-refractivity contribution in [3.63, 3.8) is 0 Å². The third kappa shape index (κ3) is 4.36. The first-order chi connectivity index (χ1) is 9.49. The Morgan fingerprint density at radius 1 is 1.30 bits per heavy atom. The van der Waals surface area contributed by atoms with E-state index in [0.29, 0.717) is 18.4 Å². The largest absolute Gasteiger partial charge is 0.507 e. The molecule has 1 rings (SSSR count). The van der Waals surface area contributed by atoms with Gasteiger partial charge in [-0.2, -0.15) is 0 Å². The number of carboxylic acid groups (broad SMARTS) is 1. The molecule has 0 radical (unpaired) electrons. The van der Waals surface area contributed by atoms with Gasteiger partial charge in [-0.25, -0.2) is 4.79 Å². The van der Waals surface area contributed by atoms with Crippen molar-refractivity contribution in [2.24, 2.45) is 5.92 Å². The first kappa shape index (κ1) is 16.2. The van der Waals surface area contributed by atoms with Gasteiger partial charge < -0.3 is 20.4 Å². The molecule has 1 aromatic carbocycles. The van der Waals surface area contributed by atoms with Gasteiger partial charge in [-0.3, -0.25) is 0 Å². The fourth-order valence-electron chi connectivity index (χ4n) is 1.88. The lowest BCUT2D eigenvalue weighted by molar-refractivity contribution is 0.0696. The molecule has 0 aliphatic heterocycles. The molecule has 1 aromatic rings. The predicted octanol–water partition coefficient (Wildman–Crippen LogP) is 1.87. The SMILES string of the molecule is C/C(=C/CCC(CO)CO)c1ccc(C(=O)O)cc1O. The Morgan fingerprint density at radius 2 is 1.95 bits per heavy atom. The van der Waals surface area contributed by atoms with Crippen LogP contribution in [0.5, 0.6) is 5.75 Å². The normalized spacial score (nSPS) is 11.9. The molecule has 0 aromatic heterocycles. The number of aliphatic hydroxyl groups excluding tert-OH is 2. The number of rotatable bonds is 7. The number of phenols is 1. The Balaban J connectivity index is 2.76. The van der Waals surface area contributed by atoms with Crippen molar-refractivity contribution in [1.82, 2.24) is 0 Å². The average molecular weight is 280 g/mol. The molecule has 0 spiro atoms. The maximum Gasteiger partial charge on any atom is 0.335 e. The third-order valence-corrected chi connectivity index (χ3v) is 3.21. The van der Waals surface area contributed by atoms with Crippen LogP contribution in [0.4, 0.5) is 0 Å². The summed E-state index contributed by atoms with van der Waals surface area (Å²) in [5.41, 5.74) is 1.45. The number of phenolic OH excluding ortho intramolecular Hbond substituents is 1. The highest BCUT2D eigenvalue weighted by Crippen LogP contribution is 2.26. The van der Waals surface area contributed by atoms with Crippen LogP contribution in [-0.2, 0) is 0 Å². The Kier molecular flexibility index (Phi) is 6.21. The summed E-state index contributed by atoms with van der Waals surface area (Å²) in [7, 11) is 0.